The standard InChI is InChI=1S/C21H34O9/c1-25-21(16-2-3-16)17-14-18(29-7-5-23)20(24)19(15-17)30-13-12-28-11-10-27-9-8-26-6-4-22/h14-16,21-24H,2-13H2,1H3. The molecule has 0 aliphatic heterocycles. The molecule has 9 heteroatoms. The summed E-state index contributed by atoms with van der Waals surface area (Å²) in [6.45, 7) is 2.53. The van der Waals surface area contributed by atoms with Crippen molar-refractivity contribution in [1.82, 2.24) is 0 Å². The first-order valence-corrected chi connectivity index (χ1v) is 10.3. The normalized spacial score (nSPS) is 14.6. The number of methoxy groups -OCH3 is 1. The highest BCUT2D eigenvalue weighted by atomic mass is 16.6. The lowest BCUT2D eigenvalue weighted by Crippen LogP contribution is -2.13. The molecule has 0 amide bonds. The predicted octanol–water partition coefficient (Wildman–Crippen LogP) is 1.28. The van der Waals surface area contributed by atoms with Crippen molar-refractivity contribution in [3.8, 4) is 17.2 Å². The third-order valence-electron chi connectivity index (χ3n) is 4.51. The van der Waals surface area contributed by atoms with Crippen LogP contribution in [0.1, 0.15) is 24.5 Å². The summed E-state index contributed by atoms with van der Waals surface area (Å²) < 4.78 is 32.7. The molecule has 0 spiro atoms. The molecule has 1 aliphatic carbocycles. The summed E-state index contributed by atoms with van der Waals surface area (Å²) in [5, 5.41) is 28.1. The fourth-order valence-electron chi connectivity index (χ4n) is 2.96. The van der Waals surface area contributed by atoms with Gasteiger partial charge in [0, 0.05) is 7.11 Å². The Kier molecular flexibility index (Phi) is 11.8. The molecule has 3 N–H and O–H groups in total. The highest BCUT2D eigenvalue weighted by Crippen LogP contribution is 2.47. The number of benzene rings is 1. The second kappa shape index (κ2) is 14.4. The van der Waals surface area contributed by atoms with Crippen molar-refractivity contribution in [2.75, 3.05) is 73.2 Å². The zero-order valence-electron chi connectivity index (χ0n) is 17.6. The van der Waals surface area contributed by atoms with Crippen molar-refractivity contribution < 1.29 is 43.7 Å². The molecule has 0 bridgehead atoms. The number of phenols is 1. The number of ether oxygens (including phenoxy) is 6. The van der Waals surface area contributed by atoms with Gasteiger partial charge < -0.3 is 43.7 Å². The minimum absolute atomic E-state index is 0.00331. The van der Waals surface area contributed by atoms with E-state index in [2.05, 4.69) is 0 Å². The van der Waals surface area contributed by atoms with Crippen molar-refractivity contribution >= 4 is 0 Å². The van der Waals surface area contributed by atoms with Gasteiger partial charge in [0.15, 0.2) is 11.5 Å². The Balaban J connectivity index is 1.78. The number of hydrogen-bond acceptors (Lipinski definition) is 9. The summed E-state index contributed by atoms with van der Waals surface area (Å²) in [4.78, 5) is 0. The SMILES string of the molecule is COC(c1cc(OCCO)c(O)c(OCCOCCOCCOCCO)c1)C1CC1. The first-order valence-electron chi connectivity index (χ1n) is 10.3. The van der Waals surface area contributed by atoms with Gasteiger partial charge in [0.25, 0.3) is 0 Å². The van der Waals surface area contributed by atoms with Crippen molar-refractivity contribution in [3.63, 3.8) is 0 Å². The largest absolute Gasteiger partial charge is 0.502 e. The summed E-state index contributed by atoms with van der Waals surface area (Å²) in [6, 6.07) is 3.51. The molecule has 1 aromatic rings. The minimum Gasteiger partial charge on any atom is -0.502 e. The van der Waals surface area contributed by atoms with Crippen LogP contribution in [0, 0.1) is 5.92 Å². The van der Waals surface area contributed by atoms with Crippen molar-refractivity contribution in [1.29, 1.82) is 0 Å². The molecule has 172 valence electrons. The lowest BCUT2D eigenvalue weighted by Gasteiger charge is -2.19. The maximum Gasteiger partial charge on any atom is 0.200 e. The first kappa shape index (κ1) is 24.6. The van der Waals surface area contributed by atoms with E-state index in [1.165, 1.54) is 0 Å². The fraction of sp³-hybridized carbons (Fsp3) is 0.714. The van der Waals surface area contributed by atoms with Crippen LogP contribution in [0.4, 0.5) is 0 Å². The second-order valence-electron chi connectivity index (χ2n) is 6.84. The van der Waals surface area contributed by atoms with Crippen LogP contribution in [-0.4, -0.2) is 88.5 Å². The minimum atomic E-state index is -0.153. The molecule has 0 saturated heterocycles. The van der Waals surface area contributed by atoms with Crippen LogP contribution >= 0.6 is 0 Å². The van der Waals surface area contributed by atoms with E-state index in [1.54, 1.807) is 19.2 Å². The summed E-state index contributed by atoms with van der Waals surface area (Å²) in [7, 11) is 1.67. The molecule has 1 saturated carbocycles. The highest BCUT2D eigenvalue weighted by Gasteiger charge is 2.33. The molecule has 1 aromatic carbocycles. The molecule has 1 fully saturated rings. The lowest BCUT2D eigenvalue weighted by atomic mass is 10.0. The molecule has 1 unspecified atom stereocenters. The van der Waals surface area contributed by atoms with Crippen LogP contribution in [-0.2, 0) is 18.9 Å². The molecule has 1 aliphatic rings. The molecule has 9 nitrogen and oxygen atoms in total. The lowest BCUT2D eigenvalue weighted by molar-refractivity contribution is 0.00347. The van der Waals surface area contributed by atoms with E-state index in [0.717, 1.165) is 18.4 Å². The van der Waals surface area contributed by atoms with Crippen LogP contribution in [0.3, 0.4) is 0 Å². The Bertz CT molecular complexity index is 592. The zero-order chi connectivity index (χ0) is 21.6. The number of hydrogen-bond donors (Lipinski definition) is 3. The topological polar surface area (TPSA) is 116 Å². The summed E-state index contributed by atoms with van der Waals surface area (Å²) in [5.41, 5.74) is 0.874. The number of phenolic OH excluding ortho intramolecular Hbond substituents is 1. The summed E-state index contributed by atoms with van der Waals surface area (Å²) in [6.07, 6.45) is 2.12. The van der Waals surface area contributed by atoms with Gasteiger partial charge in [-0.15, -0.1) is 0 Å². The van der Waals surface area contributed by atoms with Crippen LogP contribution in [0.25, 0.3) is 0 Å². The van der Waals surface area contributed by atoms with Crippen LogP contribution in [0.2, 0.25) is 0 Å². The quantitative estimate of drug-likeness (QED) is 0.296. The van der Waals surface area contributed by atoms with Gasteiger partial charge in [0.2, 0.25) is 5.75 Å². The van der Waals surface area contributed by atoms with E-state index in [0.29, 0.717) is 51.3 Å². The monoisotopic (exact) mass is 430 g/mol. The number of rotatable bonds is 18. The smallest absolute Gasteiger partial charge is 0.200 e. The van der Waals surface area contributed by atoms with Gasteiger partial charge >= 0.3 is 0 Å². The van der Waals surface area contributed by atoms with Gasteiger partial charge in [-0.05, 0) is 36.5 Å². The Labute approximate surface area is 177 Å². The van der Waals surface area contributed by atoms with E-state index >= 15 is 0 Å². The van der Waals surface area contributed by atoms with E-state index in [-0.39, 0.29) is 44.0 Å². The zero-order valence-corrected chi connectivity index (χ0v) is 17.6. The first-order chi connectivity index (χ1) is 14.7. The molecule has 0 radical (unpaired) electrons. The Hall–Kier alpha value is -1.62. The molecule has 30 heavy (non-hydrogen) atoms. The van der Waals surface area contributed by atoms with E-state index in [4.69, 9.17) is 38.6 Å². The maximum absolute atomic E-state index is 10.4. The fourth-order valence-corrected chi connectivity index (χ4v) is 2.96. The summed E-state index contributed by atoms with van der Waals surface area (Å²) in [5.74, 6) is 0.903. The van der Waals surface area contributed by atoms with Gasteiger partial charge in [-0.1, -0.05) is 0 Å². The predicted molar refractivity (Wildman–Crippen MR) is 108 cm³/mol. The Morgan fingerprint density at radius 2 is 1.30 bits per heavy atom. The maximum atomic E-state index is 10.4. The average Bonchev–Trinajstić information content (AvgIpc) is 3.58. The number of aliphatic hydroxyl groups is 2. The van der Waals surface area contributed by atoms with Crippen LogP contribution in [0.15, 0.2) is 12.1 Å². The van der Waals surface area contributed by atoms with Crippen LogP contribution in [0.5, 0.6) is 17.2 Å². The average molecular weight is 430 g/mol. The van der Waals surface area contributed by atoms with Crippen molar-refractivity contribution in [2.45, 2.75) is 18.9 Å². The van der Waals surface area contributed by atoms with E-state index < -0.39 is 0 Å². The molecule has 0 aromatic heterocycles. The van der Waals surface area contributed by atoms with Gasteiger partial charge in [-0.3, -0.25) is 0 Å². The molecule has 2 rings (SSSR count). The molecular weight excluding hydrogens is 396 g/mol. The van der Waals surface area contributed by atoms with Crippen molar-refractivity contribution in [2.24, 2.45) is 5.92 Å². The Morgan fingerprint density at radius 3 is 1.80 bits per heavy atom. The van der Waals surface area contributed by atoms with Gasteiger partial charge in [-0.2, -0.15) is 0 Å². The summed E-state index contributed by atoms with van der Waals surface area (Å²) >= 11 is 0. The number of aromatic hydroxyl groups is 1. The van der Waals surface area contributed by atoms with Crippen molar-refractivity contribution in [3.05, 3.63) is 17.7 Å². The second-order valence-corrected chi connectivity index (χ2v) is 6.84. The van der Waals surface area contributed by atoms with E-state index in [1.807, 2.05) is 0 Å². The van der Waals surface area contributed by atoms with Gasteiger partial charge in [0.1, 0.15) is 13.2 Å². The van der Waals surface area contributed by atoms with Crippen LogP contribution < -0.4 is 9.47 Å². The van der Waals surface area contributed by atoms with E-state index in [9.17, 15) is 5.11 Å². The highest BCUT2D eigenvalue weighted by molar-refractivity contribution is 5.53. The molecule has 1 atom stereocenters. The molecular formula is C21H34O9. The Morgan fingerprint density at radius 1 is 0.800 bits per heavy atom. The molecule has 0 heterocycles. The van der Waals surface area contributed by atoms with Gasteiger partial charge in [-0.25, -0.2) is 0 Å². The van der Waals surface area contributed by atoms with Gasteiger partial charge in [0.05, 0.1) is 59.0 Å². The third-order valence-corrected chi connectivity index (χ3v) is 4.51. The number of aliphatic hydroxyl groups excluding tert-OH is 2. The third kappa shape index (κ3) is 8.63.